The van der Waals surface area contributed by atoms with Gasteiger partial charge in [-0.05, 0) is 12.8 Å². The minimum absolute atomic E-state index is 0.442. The molecule has 0 aromatic heterocycles. The van der Waals surface area contributed by atoms with Crippen molar-refractivity contribution in [2.24, 2.45) is 11.3 Å². The van der Waals surface area contributed by atoms with Crippen LogP contribution in [0.3, 0.4) is 0 Å². The number of carboxylic acids is 2. The van der Waals surface area contributed by atoms with Crippen molar-refractivity contribution < 1.29 is 19.8 Å². The molecule has 0 aliphatic rings. The van der Waals surface area contributed by atoms with Crippen LogP contribution >= 0.6 is 0 Å². The lowest BCUT2D eigenvalue weighted by Gasteiger charge is -2.38. The summed E-state index contributed by atoms with van der Waals surface area (Å²) in [6, 6.07) is 0. The quantitative estimate of drug-likeness (QED) is 0.512. The number of carbonyl (C=O) groups excluding carboxylic acids is 2. The van der Waals surface area contributed by atoms with Crippen LogP contribution in [0, 0.1) is 11.3 Å². The van der Waals surface area contributed by atoms with E-state index in [2.05, 4.69) is 0 Å². The van der Waals surface area contributed by atoms with E-state index in [4.69, 9.17) is 0 Å². The second kappa shape index (κ2) is 4.25. The van der Waals surface area contributed by atoms with Gasteiger partial charge in [-0.2, -0.15) is 0 Å². The maximum Gasteiger partial charge on any atom is 0.0532 e. The predicted octanol–water partition coefficient (Wildman–Crippen LogP) is -1.07. The number of rotatable bonds is 5. The normalized spacial score (nSPS) is 11.7. The van der Waals surface area contributed by atoms with Crippen LogP contribution < -0.4 is 10.2 Å². The van der Waals surface area contributed by atoms with Gasteiger partial charge in [0.25, 0.3) is 0 Å². The molecular weight excluding hydrogens is 172 g/mol. The Morgan fingerprint density at radius 2 is 1.46 bits per heavy atom. The molecule has 0 unspecified atom stereocenters. The van der Waals surface area contributed by atoms with Crippen LogP contribution in [-0.2, 0) is 9.59 Å². The molecule has 0 atom stereocenters. The minimum atomic E-state index is -1.87. The van der Waals surface area contributed by atoms with E-state index in [1.54, 1.807) is 13.8 Å². The van der Waals surface area contributed by atoms with Crippen molar-refractivity contribution in [1.82, 2.24) is 0 Å². The summed E-state index contributed by atoms with van der Waals surface area (Å²) in [5.41, 5.74) is -1.87. The van der Waals surface area contributed by atoms with E-state index in [-0.39, 0.29) is 0 Å². The fraction of sp³-hybridized carbons (Fsp3) is 0.778. The molecule has 0 fully saturated rings. The molecule has 0 radical (unpaired) electrons. The van der Waals surface area contributed by atoms with Gasteiger partial charge in [-0.15, -0.1) is 0 Å². The van der Waals surface area contributed by atoms with E-state index < -0.39 is 23.3 Å². The molecule has 4 nitrogen and oxygen atoms in total. The zero-order valence-corrected chi connectivity index (χ0v) is 8.12. The van der Waals surface area contributed by atoms with Crippen LogP contribution in [0.2, 0.25) is 0 Å². The molecule has 0 aromatic rings. The molecule has 76 valence electrons. The Hall–Kier alpha value is -1.06. The number of carbonyl (C=O) groups is 2. The first-order valence-corrected chi connectivity index (χ1v) is 4.34. The Kier molecular flexibility index (Phi) is 3.91. The number of hydrogen-bond donors (Lipinski definition) is 0. The summed E-state index contributed by atoms with van der Waals surface area (Å²) in [6.07, 6.45) is 0.962. The molecule has 0 heterocycles. The molecular formula is C9H14O4-2. The number of hydrogen-bond acceptors (Lipinski definition) is 4. The highest BCUT2D eigenvalue weighted by Gasteiger charge is 2.34. The Bertz CT molecular complexity index is 192. The largest absolute Gasteiger partial charge is 0.549 e. The van der Waals surface area contributed by atoms with E-state index in [0.717, 1.165) is 6.92 Å². The molecule has 0 aliphatic carbocycles. The summed E-state index contributed by atoms with van der Waals surface area (Å²) in [5, 5.41) is 21.4. The van der Waals surface area contributed by atoms with Gasteiger partial charge in [-0.3, -0.25) is 0 Å². The fourth-order valence-electron chi connectivity index (χ4n) is 1.52. The van der Waals surface area contributed by atoms with Gasteiger partial charge in [0.15, 0.2) is 0 Å². The van der Waals surface area contributed by atoms with E-state index in [0.29, 0.717) is 12.8 Å². The molecule has 0 bridgehead atoms. The van der Waals surface area contributed by atoms with E-state index in [1.165, 1.54) is 0 Å². The molecule has 0 saturated heterocycles. The summed E-state index contributed by atoms with van der Waals surface area (Å²) >= 11 is 0. The van der Waals surface area contributed by atoms with Crippen LogP contribution in [0.25, 0.3) is 0 Å². The van der Waals surface area contributed by atoms with Crippen molar-refractivity contribution in [1.29, 1.82) is 0 Å². The second-order valence-electron chi connectivity index (χ2n) is 3.29. The maximum atomic E-state index is 10.7. The first kappa shape index (κ1) is 11.9. The summed E-state index contributed by atoms with van der Waals surface area (Å²) in [6.45, 7) is 4.64. The Balaban J connectivity index is 4.98. The molecule has 0 rings (SSSR count). The van der Waals surface area contributed by atoms with Crippen molar-refractivity contribution in [2.75, 3.05) is 0 Å². The Labute approximate surface area is 77.6 Å². The molecule has 0 spiro atoms. The van der Waals surface area contributed by atoms with Gasteiger partial charge in [0.05, 0.1) is 11.9 Å². The smallest absolute Gasteiger partial charge is 0.0532 e. The van der Waals surface area contributed by atoms with E-state index >= 15 is 0 Å². The molecule has 0 aliphatic heterocycles. The molecule has 13 heavy (non-hydrogen) atoms. The third kappa shape index (κ3) is 1.99. The lowest BCUT2D eigenvalue weighted by Crippen LogP contribution is -2.55. The van der Waals surface area contributed by atoms with Gasteiger partial charge >= 0.3 is 0 Å². The SMILES string of the molecule is CCC(CC)C(C)(C(=O)[O-])C(=O)[O-]. The Morgan fingerprint density at radius 1 is 1.15 bits per heavy atom. The van der Waals surface area contributed by atoms with Gasteiger partial charge < -0.3 is 19.8 Å². The van der Waals surface area contributed by atoms with Gasteiger partial charge in [0, 0.05) is 5.41 Å². The summed E-state index contributed by atoms with van der Waals surface area (Å²) in [5.74, 6) is -3.58. The van der Waals surface area contributed by atoms with Crippen LogP contribution in [0.1, 0.15) is 33.6 Å². The summed E-state index contributed by atoms with van der Waals surface area (Å²) in [4.78, 5) is 21.4. The molecule has 0 aromatic carbocycles. The number of aliphatic carboxylic acids is 2. The van der Waals surface area contributed by atoms with Crippen molar-refractivity contribution in [3.63, 3.8) is 0 Å². The van der Waals surface area contributed by atoms with Gasteiger partial charge in [0.1, 0.15) is 0 Å². The third-order valence-electron chi connectivity index (χ3n) is 2.65. The lowest BCUT2D eigenvalue weighted by molar-refractivity contribution is -0.345. The summed E-state index contributed by atoms with van der Waals surface area (Å²) < 4.78 is 0. The standard InChI is InChI=1S/C9H16O4/c1-4-6(5-2)9(3,7(10)11)8(12)13/h6H,4-5H2,1-3H3,(H,10,11)(H,12,13)/p-2. The fourth-order valence-corrected chi connectivity index (χ4v) is 1.52. The second-order valence-corrected chi connectivity index (χ2v) is 3.29. The molecule has 0 saturated carbocycles. The van der Waals surface area contributed by atoms with Crippen LogP contribution in [0.4, 0.5) is 0 Å². The van der Waals surface area contributed by atoms with Crippen molar-refractivity contribution in [2.45, 2.75) is 33.6 Å². The average Bonchev–Trinajstić information content (AvgIpc) is 2.05. The van der Waals surface area contributed by atoms with Gasteiger partial charge in [-0.25, -0.2) is 0 Å². The van der Waals surface area contributed by atoms with Crippen molar-refractivity contribution >= 4 is 11.9 Å². The van der Waals surface area contributed by atoms with Crippen LogP contribution in [0.5, 0.6) is 0 Å². The Morgan fingerprint density at radius 3 is 1.54 bits per heavy atom. The van der Waals surface area contributed by atoms with Crippen LogP contribution in [0.15, 0.2) is 0 Å². The minimum Gasteiger partial charge on any atom is -0.549 e. The first-order chi connectivity index (χ1) is 5.91. The first-order valence-electron chi connectivity index (χ1n) is 4.34. The van der Waals surface area contributed by atoms with Gasteiger partial charge in [-0.1, -0.05) is 26.7 Å². The topological polar surface area (TPSA) is 80.3 Å². The molecule has 0 amide bonds. The van der Waals surface area contributed by atoms with E-state index in [9.17, 15) is 19.8 Å². The molecule has 0 N–H and O–H groups in total. The zero-order chi connectivity index (χ0) is 10.6. The zero-order valence-electron chi connectivity index (χ0n) is 8.12. The monoisotopic (exact) mass is 186 g/mol. The highest BCUT2D eigenvalue weighted by atomic mass is 16.4. The molecule has 4 heteroatoms. The van der Waals surface area contributed by atoms with Crippen molar-refractivity contribution in [3.05, 3.63) is 0 Å². The summed E-state index contributed by atoms with van der Waals surface area (Å²) in [7, 11) is 0. The average molecular weight is 186 g/mol. The van der Waals surface area contributed by atoms with Crippen LogP contribution in [-0.4, -0.2) is 11.9 Å². The third-order valence-corrected chi connectivity index (χ3v) is 2.65. The lowest BCUT2D eigenvalue weighted by atomic mass is 9.74. The number of carboxylic acid groups (broad SMARTS) is 2. The van der Waals surface area contributed by atoms with E-state index in [1.807, 2.05) is 0 Å². The maximum absolute atomic E-state index is 10.7. The highest BCUT2D eigenvalue weighted by molar-refractivity contribution is 5.96. The highest BCUT2D eigenvalue weighted by Crippen LogP contribution is 2.31. The van der Waals surface area contributed by atoms with Gasteiger partial charge in [0.2, 0.25) is 0 Å². The predicted molar refractivity (Wildman–Crippen MR) is 42.2 cm³/mol. The van der Waals surface area contributed by atoms with Crippen molar-refractivity contribution in [3.8, 4) is 0 Å².